The third kappa shape index (κ3) is 2.06. The molecule has 0 saturated carbocycles. The summed E-state index contributed by atoms with van der Waals surface area (Å²) in [4.78, 5) is 3.34. The monoisotopic (exact) mass is 146 g/mol. The van der Waals surface area contributed by atoms with E-state index in [0.717, 1.165) is 12.1 Å². The van der Waals surface area contributed by atoms with Crippen molar-refractivity contribution in [2.75, 3.05) is 7.05 Å². The molecule has 56 valence electrons. The van der Waals surface area contributed by atoms with Crippen LogP contribution in [0.3, 0.4) is 0 Å². The quantitative estimate of drug-likeness (QED) is 0.631. The van der Waals surface area contributed by atoms with Crippen LogP contribution >= 0.6 is 0 Å². The van der Waals surface area contributed by atoms with Gasteiger partial charge in [-0.3, -0.25) is 0 Å². The molecule has 1 aromatic carbocycles. The van der Waals surface area contributed by atoms with Crippen LogP contribution in [0.5, 0.6) is 0 Å². The smallest absolute Gasteiger partial charge is 0.187 e. The van der Waals surface area contributed by atoms with E-state index in [-0.39, 0.29) is 0 Å². The Morgan fingerprint density at radius 1 is 1.55 bits per heavy atom. The first-order valence-corrected chi connectivity index (χ1v) is 3.48. The minimum atomic E-state index is 0.706. The Hall–Kier alpha value is -1.33. The maximum absolute atomic E-state index is 6.78. The van der Waals surface area contributed by atoms with Gasteiger partial charge in [0.05, 0.1) is 6.57 Å². The molecule has 11 heavy (non-hydrogen) atoms. The summed E-state index contributed by atoms with van der Waals surface area (Å²) in [6.07, 6.45) is 0. The van der Waals surface area contributed by atoms with Crippen LogP contribution in [0.2, 0.25) is 0 Å². The van der Waals surface area contributed by atoms with E-state index >= 15 is 0 Å². The first-order valence-electron chi connectivity index (χ1n) is 3.48. The van der Waals surface area contributed by atoms with Gasteiger partial charge in [-0.1, -0.05) is 24.3 Å². The van der Waals surface area contributed by atoms with Crippen molar-refractivity contribution in [3.05, 3.63) is 41.2 Å². The average Bonchev–Trinajstić information content (AvgIpc) is 2.06. The highest BCUT2D eigenvalue weighted by Crippen LogP contribution is 2.12. The van der Waals surface area contributed by atoms with Gasteiger partial charge in [-0.2, -0.15) is 0 Å². The fourth-order valence-electron chi connectivity index (χ4n) is 0.940. The summed E-state index contributed by atoms with van der Waals surface area (Å²) in [6.45, 7) is 7.60. The molecule has 0 aromatic heterocycles. The Morgan fingerprint density at radius 3 is 3.00 bits per heavy atom. The van der Waals surface area contributed by atoms with E-state index in [1.807, 2.05) is 31.3 Å². The molecule has 0 aliphatic rings. The lowest BCUT2D eigenvalue weighted by Crippen LogP contribution is -2.04. The second-order valence-electron chi connectivity index (χ2n) is 2.31. The van der Waals surface area contributed by atoms with Crippen molar-refractivity contribution in [1.82, 2.24) is 5.32 Å². The highest BCUT2D eigenvalue weighted by atomic mass is 14.8. The van der Waals surface area contributed by atoms with Crippen LogP contribution in [-0.2, 0) is 6.54 Å². The average molecular weight is 146 g/mol. The van der Waals surface area contributed by atoms with Gasteiger partial charge in [0.25, 0.3) is 0 Å². The molecule has 0 saturated heterocycles. The van der Waals surface area contributed by atoms with Crippen molar-refractivity contribution in [1.29, 1.82) is 0 Å². The molecule has 0 atom stereocenters. The van der Waals surface area contributed by atoms with Gasteiger partial charge in [-0.25, -0.2) is 4.85 Å². The molecule has 1 rings (SSSR count). The summed E-state index contributed by atoms with van der Waals surface area (Å²) in [5.74, 6) is 0. The van der Waals surface area contributed by atoms with Gasteiger partial charge < -0.3 is 5.32 Å². The predicted molar refractivity (Wildman–Crippen MR) is 45.5 cm³/mol. The minimum absolute atomic E-state index is 0.706. The topological polar surface area (TPSA) is 16.4 Å². The molecule has 0 aliphatic carbocycles. The van der Waals surface area contributed by atoms with Gasteiger partial charge in [0.15, 0.2) is 5.69 Å². The van der Waals surface area contributed by atoms with Crippen molar-refractivity contribution in [3.8, 4) is 0 Å². The zero-order chi connectivity index (χ0) is 8.10. The Bertz CT molecular complexity index is 273. The molecule has 0 amide bonds. The second kappa shape index (κ2) is 3.75. The zero-order valence-electron chi connectivity index (χ0n) is 6.46. The van der Waals surface area contributed by atoms with E-state index in [2.05, 4.69) is 10.2 Å². The molecule has 0 bridgehead atoms. The molecule has 0 unspecified atom stereocenters. The molecule has 0 heterocycles. The summed E-state index contributed by atoms with van der Waals surface area (Å²) >= 11 is 0. The predicted octanol–water partition coefficient (Wildman–Crippen LogP) is 1.96. The standard InChI is InChI=1S/C9H10N2/c1-10-7-8-4-3-5-9(6-8)11-2/h3-6,10H,7H2,1H3. The number of hydrogen-bond acceptors (Lipinski definition) is 1. The molecule has 0 aliphatic heterocycles. The Kier molecular flexibility index (Phi) is 2.65. The lowest BCUT2D eigenvalue weighted by Gasteiger charge is -1.98. The van der Waals surface area contributed by atoms with Crippen molar-refractivity contribution in [2.45, 2.75) is 6.54 Å². The molecule has 2 nitrogen and oxygen atoms in total. The number of nitrogens with zero attached hydrogens (tertiary/aromatic N) is 1. The van der Waals surface area contributed by atoms with E-state index in [4.69, 9.17) is 6.57 Å². The number of hydrogen-bond donors (Lipinski definition) is 1. The lowest BCUT2D eigenvalue weighted by molar-refractivity contribution is 0.818. The van der Waals surface area contributed by atoms with E-state index in [1.54, 1.807) is 0 Å². The number of rotatable bonds is 2. The summed E-state index contributed by atoms with van der Waals surface area (Å²) in [6, 6.07) is 7.61. The van der Waals surface area contributed by atoms with E-state index in [1.165, 1.54) is 0 Å². The van der Waals surface area contributed by atoms with Gasteiger partial charge in [-0.15, -0.1) is 0 Å². The second-order valence-corrected chi connectivity index (χ2v) is 2.31. The summed E-state index contributed by atoms with van der Waals surface area (Å²) in [5, 5.41) is 3.03. The fourth-order valence-corrected chi connectivity index (χ4v) is 0.940. The maximum atomic E-state index is 6.78. The van der Waals surface area contributed by atoms with Gasteiger partial charge in [-0.05, 0) is 12.6 Å². The van der Waals surface area contributed by atoms with Gasteiger partial charge >= 0.3 is 0 Å². The van der Waals surface area contributed by atoms with Crippen LogP contribution in [-0.4, -0.2) is 7.05 Å². The van der Waals surface area contributed by atoms with Crippen LogP contribution in [0.15, 0.2) is 24.3 Å². The van der Waals surface area contributed by atoms with Crippen LogP contribution in [0.4, 0.5) is 5.69 Å². The van der Waals surface area contributed by atoms with Crippen molar-refractivity contribution >= 4 is 5.69 Å². The summed E-state index contributed by atoms with van der Waals surface area (Å²) < 4.78 is 0. The molecular formula is C9H10N2. The first-order chi connectivity index (χ1) is 5.36. The molecule has 2 heteroatoms. The summed E-state index contributed by atoms with van der Waals surface area (Å²) in [5.41, 5.74) is 1.86. The van der Waals surface area contributed by atoms with E-state index < -0.39 is 0 Å². The fraction of sp³-hybridized carbons (Fsp3) is 0.222. The highest BCUT2D eigenvalue weighted by molar-refractivity contribution is 5.46. The minimum Gasteiger partial charge on any atom is -0.316 e. The molecular weight excluding hydrogens is 136 g/mol. The molecule has 1 N–H and O–H groups in total. The first kappa shape index (κ1) is 7.77. The normalized spacial score (nSPS) is 9.09. The van der Waals surface area contributed by atoms with Gasteiger partial charge in [0.2, 0.25) is 0 Å². The largest absolute Gasteiger partial charge is 0.316 e. The van der Waals surface area contributed by atoms with Crippen molar-refractivity contribution in [2.24, 2.45) is 0 Å². The van der Waals surface area contributed by atoms with E-state index in [9.17, 15) is 0 Å². The summed E-state index contributed by atoms with van der Waals surface area (Å²) in [7, 11) is 1.89. The van der Waals surface area contributed by atoms with Crippen LogP contribution < -0.4 is 5.32 Å². The molecule has 1 aromatic rings. The van der Waals surface area contributed by atoms with Crippen LogP contribution in [0.1, 0.15) is 5.56 Å². The molecule has 0 fully saturated rings. The van der Waals surface area contributed by atoms with Gasteiger partial charge in [0, 0.05) is 6.54 Å². The highest BCUT2D eigenvalue weighted by Gasteiger charge is 1.91. The number of nitrogens with one attached hydrogen (secondary N) is 1. The van der Waals surface area contributed by atoms with Crippen molar-refractivity contribution in [3.63, 3.8) is 0 Å². The molecule has 0 spiro atoms. The lowest BCUT2D eigenvalue weighted by atomic mass is 10.2. The third-order valence-electron chi connectivity index (χ3n) is 1.42. The van der Waals surface area contributed by atoms with E-state index in [0.29, 0.717) is 5.69 Å². The zero-order valence-corrected chi connectivity index (χ0v) is 6.46. The molecule has 0 radical (unpaired) electrons. The van der Waals surface area contributed by atoms with Crippen molar-refractivity contribution < 1.29 is 0 Å². The third-order valence-corrected chi connectivity index (χ3v) is 1.42. The van der Waals surface area contributed by atoms with Gasteiger partial charge in [0.1, 0.15) is 0 Å². The van der Waals surface area contributed by atoms with Crippen LogP contribution in [0.25, 0.3) is 4.85 Å². The SMILES string of the molecule is [C-]#[N+]c1cccc(CNC)c1. The number of benzene rings is 1. The van der Waals surface area contributed by atoms with Crippen LogP contribution in [0, 0.1) is 6.57 Å². The maximum Gasteiger partial charge on any atom is 0.187 e. The Balaban J connectivity index is 2.85. The Labute approximate surface area is 66.7 Å². The Morgan fingerprint density at radius 2 is 2.36 bits per heavy atom.